The number of ketones is 1. The van der Waals surface area contributed by atoms with Crippen LogP contribution in [0.5, 0.6) is 0 Å². The fourth-order valence-electron chi connectivity index (χ4n) is 7.19. The van der Waals surface area contributed by atoms with Crippen LogP contribution in [0.25, 0.3) is 65.5 Å². The van der Waals surface area contributed by atoms with E-state index in [0.29, 0.717) is 16.9 Å². The van der Waals surface area contributed by atoms with Crippen LogP contribution in [0, 0.1) is 35.5 Å². The van der Waals surface area contributed by atoms with E-state index in [-0.39, 0.29) is 42.6 Å². The van der Waals surface area contributed by atoms with Crippen LogP contribution in [0.15, 0.2) is 115 Å². The number of fused-ring (bicyclic) bond motifs is 7. The van der Waals surface area contributed by atoms with Crippen molar-refractivity contribution in [1.82, 2.24) is 4.98 Å². The second-order valence-electron chi connectivity index (χ2n) is 14.9. The molecule has 7 rings (SSSR count). The van der Waals surface area contributed by atoms with Crippen LogP contribution in [0.3, 0.4) is 0 Å². The average molecular weight is 914 g/mol. The Kier molecular flexibility index (Phi) is 12.7. The number of aliphatic hydroxyl groups is 1. The Bertz CT molecular complexity index is 2530. The van der Waals surface area contributed by atoms with E-state index in [1.54, 1.807) is 30.5 Å². The Hall–Kier alpha value is -4.77. The van der Waals surface area contributed by atoms with Gasteiger partial charge in [-0.25, -0.2) is 8.78 Å². The molecular weight excluding hydrogens is 865 g/mol. The molecule has 0 bridgehead atoms. The third-order valence-corrected chi connectivity index (χ3v) is 11.8. The minimum atomic E-state index is -0.270. The first-order valence-electron chi connectivity index (χ1n) is 19.0. The molecule has 2 N–H and O–H groups in total. The first kappa shape index (κ1) is 41.4. The summed E-state index contributed by atoms with van der Waals surface area (Å²) >= 11 is 0. The first-order chi connectivity index (χ1) is 25.9. The van der Waals surface area contributed by atoms with E-state index in [1.165, 1.54) is 12.1 Å². The van der Waals surface area contributed by atoms with Crippen molar-refractivity contribution in [2.45, 2.75) is 74.1 Å². The third kappa shape index (κ3) is 8.13. The van der Waals surface area contributed by atoms with Crippen LogP contribution in [0.4, 0.5) is 8.78 Å². The molecule has 0 fully saturated rings. The number of halogens is 2. The van der Waals surface area contributed by atoms with E-state index in [9.17, 15) is 14.3 Å². The monoisotopic (exact) mass is 914 g/mol. The molecule has 0 atom stereocenters. The van der Waals surface area contributed by atoms with Crippen LogP contribution in [0.1, 0.15) is 72.8 Å². The zero-order valence-electron chi connectivity index (χ0n) is 32.7. The number of allylic oxidation sites excluding steroid dienone is 2. The molecule has 1 heterocycles. The topological polar surface area (TPSA) is 54.5 Å². The standard InChI is InChI=1S/C34H20F2N.C15H28O2.Ir/c1-20-16-23(21-6-9-25(35)10-7-21)18-24(17-20)34-30-13-12-28-27-11-8-22-4-2-3-5-26(22)31(27)19-32(36)33(28)29(30)14-15-37-34;1-7-14(5,8-2)12(16)11-13(17)15(6,9-3)10-4;/h2-16,18-19H,1H3;11,16H,7-10H2,1-6H3;/q-1;;/p+1/b;12-11-;. The zero-order chi connectivity index (χ0) is 38.8. The minimum absolute atomic E-state index is 0. The maximum atomic E-state index is 15.8. The van der Waals surface area contributed by atoms with Crippen molar-refractivity contribution in [2.24, 2.45) is 10.8 Å². The summed E-state index contributed by atoms with van der Waals surface area (Å²) in [4.78, 5) is 14.9. The summed E-state index contributed by atoms with van der Waals surface area (Å²) in [6.45, 7) is 14.3. The quantitative estimate of drug-likeness (QED) is 0.0516. The number of aliphatic hydroxyl groups excluding tert-OH is 1. The molecule has 6 heteroatoms. The van der Waals surface area contributed by atoms with E-state index in [0.717, 1.165) is 91.3 Å². The molecule has 0 amide bonds. The predicted molar refractivity (Wildman–Crippen MR) is 224 cm³/mol. The van der Waals surface area contributed by atoms with Gasteiger partial charge in [0.15, 0.2) is 0 Å². The van der Waals surface area contributed by atoms with Gasteiger partial charge in [0.1, 0.15) is 17.4 Å². The van der Waals surface area contributed by atoms with E-state index < -0.39 is 0 Å². The molecule has 0 spiro atoms. The van der Waals surface area contributed by atoms with Crippen molar-refractivity contribution in [3.63, 3.8) is 0 Å². The maximum Gasteiger partial charge on any atom is 0.325 e. The summed E-state index contributed by atoms with van der Waals surface area (Å²) in [6.07, 6.45) is 6.78. The summed E-state index contributed by atoms with van der Waals surface area (Å²) in [5, 5.41) is 17.4. The number of aromatic nitrogens is 1. The molecule has 285 valence electrons. The van der Waals surface area contributed by atoms with Gasteiger partial charge in [0, 0.05) is 37.1 Å². The van der Waals surface area contributed by atoms with Crippen molar-refractivity contribution in [3.8, 4) is 22.4 Å². The summed E-state index contributed by atoms with van der Waals surface area (Å²) in [7, 11) is 0. The van der Waals surface area contributed by atoms with Crippen LogP contribution in [0.2, 0.25) is 0 Å². The van der Waals surface area contributed by atoms with Crippen LogP contribution < -0.4 is 0 Å². The van der Waals surface area contributed by atoms with Gasteiger partial charge in [0.05, 0.1) is 11.5 Å². The van der Waals surface area contributed by atoms with E-state index >= 15 is 4.39 Å². The number of carbonyl (C=O) groups excluding carboxylic acids is 1. The van der Waals surface area contributed by atoms with E-state index in [4.69, 9.17) is 4.98 Å². The second-order valence-corrected chi connectivity index (χ2v) is 14.9. The van der Waals surface area contributed by atoms with Gasteiger partial charge in [-0.1, -0.05) is 102 Å². The fraction of sp³-hybridized carbons (Fsp3) is 0.265. The molecule has 0 aliphatic heterocycles. The molecule has 1 radical (unpaired) electrons. The average Bonchev–Trinajstić information content (AvgIpc) is 3.19. The number of rotatable bonds is 9. The molecule has 3 nitrogen and oxygen atoms in total. The molecule has 55 heavy (non-hydrogen) atoms. The molecular formula is C49H49F2IrNO2. The van der Waals surface area contributed by atoms with Gasteiger partial charge in [-0.05, 0) is 106 Å². The molecule has 7 aromatic rings. The Morgan fingerprint density at radius 1 is 0.709 bits per heavy atom. The maximum absolute atomic E-state index is 15.8. The Morgan fingerprint density at radius 2 is 1.33 bits per heavy atom. The van der Waals surface area contributed by atoms with Crippen LogP contribution in [-0.2, 0) is 20.1 Å². The van der Waals surface area contributed by atoms with Gasteiger partial charge in [0.25, 0.3) is 0 Å². The van der Waals surface area contributed by atoms with E-state index in [1.807, 2.05) is 75.4 Å². The summed E-state index contributed by atoms with van der Waals surface area (Å²) < 4.78 is 29.3. The van der Waals surface area contributed by atoms with Gasteiger partial charge in [-0.15, -0.1) is 34.9 Å². The molecule has 0 saturated heterocycles. The van der Waals surface area contributed by atoms with Crippen LogP contribution in [-0.4, -0.2) is 20.7 Å². The molecule has 0 saturated carbocycles. The van der Waals surface area contributed by atoms with Crippen molar-refractivity contribution in [3.05, 3.63) is 138 Å². The fourth-order valence-corrected chi connectivity index (χ4v) is 7.19. The number of aryl methyl sites for hydroxylation is 1. The SMILES string of the molecule is CCC(C)(CC)C(=[OH+])/C=C(\O)C(C)(CC)CC.Cc1[c-]c(-c2nccc3c2ccc2c4ccc5ccccc5c4cc(F)c32)cc(-c2ccc(F)cc2)c1.[Ir]. The molecule has 6 aromatic carbocycles. The first-order valence-corrected chi connectivity index (χ1v) is 19.0. The van der Waals surface area contributed by atoms with Crippen molar-refractivity contribution >= 4 is 48.9 Å². The van der Waals surface area contributed by atoms with Crippen LogP contribution >= 0.6 is 0 Å². The second kappa shape index (κ2) is 16.9. The van der Waals surface area contributed by atoms with Gasteiger partial charge < -0.3 is 10.1 Å². The van der Waals surface area contributed by atoms with Gasteiger partial charge in [-0.2, -0.15) is 0 Å². The molecule has 0 aliphatic carbocycles. The van der Waals surface area contributed by atoms with Gasteiger partial charge in [-0.3, -0.25) is 4.79 Å². The number of nitrogens with zero attached hydrogens (tertiary/aromatic N) is 1. The van der Waals surface area contributed by atoms with E-state index in [2.05, 4.69) is 45.9 Å². The third-order valence-electron chi connectivity index (χ3n) is 11.8. The Labute approximate surface area is 336 Å². The number of hydrogen-bond acceptors (Lipinski definition) is 2. The van der Waals surface area contributed by atoms with Crippen molar-refractivity contribution in [1.29, 1.82) is 0 Å². The summed E-state index contributed by atoms with van der Waals surface area (Å²) in [5.41, 5.74) is 3.92. The zero-order valence-corrected chi connectivity index (χ0v) is 35.0. The van der Waals surface area contributed by atoms with Crippen molar-refractivity contribution in [2.75, 3.05) is 0 Å². The Balaban J connectivity index is 0.000000276. The molecule has 0 unspecified atom stereocenters. The summed E-state index contributed by atoms with van der Waals surface area (Å²) in [5.74, 6) is 0.0800. The molecule has 0 aliphatic rings. The minimum Gasteiger partial charge on any atom is -0.511 e. The summed E-state index contributed by atoms with van der Waals surface area (Å²) in [6, 6.07) is 33.7. The smallest absolute Gasteiger partial charge is 0.325 e. The molecule has 1 aromatic heterocycles. The van der Waals surface area contributed by atoms with Gasteiger partial charge in [0.2, 0.25) is 0 Å². The van der Waals surface area contributed by atoms with Gasteiger partial charge >= 0.3 is 5.78 Å². The number of pyridine rings is 1. The predicted octanol–water partition coefficient (Wildman–Crippen LogP) is 14.0. The Morgan fingerprint density at radius 3 is 2.00 bits per heavy atom. The number of benzene rings is 6. The number of hydrogen-bond donors (Lipinski definition) is 1. The van der Waals surface area contributed by atoms with Crippen molar-refractivity contribution < 1.29 is 38.8 Å². The largest absolute Gasteiger partial charge is 0.511 e. The normalized spacial score (nSPS) is 12.1.